The van der Waals surface area contributed by atoms with Gasteiger partial charge in [0.2, 0.25) is 0 Å². The van der Waals surface area contributed by atoms with Crippen molar-refractivity contribution in [3.8, 4) is 5.75 Å². The number of piperidine rings is 1. The second-order valence-electron chi connectivity index (χ2n) is 5.46. The monoisotopic (exact) mass is 293 g/mol. The van der Waals surface area contributed by atoms with Crippen molar-refractivity contribution in [2.24, 2.45) is 0 Å². The normalized spacial score (nSPS) is 16.6. The van der Waals surface area contributed by atoms with Crippen LogP contribution >= 0.6 is 0 Å². The van der Waals surface area contributed by atoms with E-state index in [-0.39, 0.29) is 11.9 Å². The van der Waals surface area contributed by atoms with Gasteiger partial charge in [-0.15, -0.1) is 0 Å². The Kier molecular flexibility index (Phi) is 5.03. The average molecular weight is 293 g/mol. The maximum Gasteiger partial charge on any atom is 0.251 e. The van der Waals surface area contributed by atoms with E-state index in [1.807, 2.05) is 0 Å². The number of methoxy groups -OCH3 is 1. The number of hydroxylamine groups is 1. The summed E-state index contributed by atoms with van der Waals surface area (Å²) in [6, 6.07) is 5.23. The highest BCUT2D eigenvalue weighted by Crippen LogP contribution is 2.27. The first-order valence-corrected chi connectivity index (χ1v) is 7.11. The number of nitrogens with one attached hydrogen (secondary N) is 1. The number of likely N-dealkylation sites (tertiary alicyclic amines) is 1. The maximum atomic E-state index is 12.3. The number of carbonyl (C=O) groups is 1. The predicted molar refractivity (Wildman–Crippen MR) is 81.2 cm³/mol. The van der Waals surface area contributed by atoms with E-state index < -0.39 is 0 Å². The van der Waals surface area contributed by atoms with E-state index in [9.17, 15) is 10.0 Å². The third-order valence-electron chi connectivity index (χ3n) is 3.84. The van der Waals surface area contributed by atoms with Crippen LogP contribution in [0.25, 0.3) is 0 Å². The Morgan fingerprint density at radius 3 is 2.67 bits per heavy atom. The third-order valence-corrected chi connectivity index (χ3v) is 3.84. The zero-order valence-electron chi connectivity index (χ0n) is 12.8. The molecule has 0 saturated carbocycles. The molecule has 0 aliphatic carbocycles. The Morgan fingerprint density at radius 2 is 2.10 bits per heavy atom. The molecule has 1 saturated heterocycles. The SMILES string of the molecule is COc1cc(C(=O)NC2CCN(C)CC2)ccc1N(C)O. The standard InChI is InChI=1S/C15H23N3O3/c1-17-8-6-12(7-9-17)16-15(19)11-4-5-13(18(2)20)14(10-11)21-3/h4-5,10,12,20H,6-9H2,1-3H3,(H,16,19). The van der Waals surface area contributed by atoms with Gasteiger partial charge in [0.1, 0.15) is 11.4 Å². The summed E-state index contributed by atoms with van der Waals surface area (Å²) in [4.78, 5) is 14.5. The molecule has 1 aromatic carbocycles. The summed E-state index contributed by atoms with van der Waals surface area (Å²) in [5.74, 6) is 0.367. The van der Waals surface area contributed by atoms with E-state index in [1.54, 1.807) is 18.2 Å². The molecule has 0 atom stereocenters. The molecule has 116 valence electrons. The lowest BCUT2D eigenvalue weighted by molar-refractivity contribution is 0.0916. The van der Waals surface area contributed by atoms with Crippen molar-refractivity contribution in [1.29, 1.82) is 0 Å². The molecule has 21 heavy (non-hydrogen) atoms. The van der Waals surface area contributed by atoms with Crippen LogP contribution in [0.2, 0.25) is 0 Å². The summed E-state index contributed by atoms with van der Waals surface area (Å²) < 4.78 is 5.21. The largest absolute Gasteiger partial charge is 0.494 e. The fraction of sp³-hybridized carbons (Fsp3) is 0.533. The lowest BCUT2D eigenvalue weighted by Gasteiger charge is -2.29. The van der Waals surface area contributed by atoms with Crippen molar-refractivity contribution >= 4 is 11.6 Å². The average Bonchev–Trinajstić information content (AvgIpc) is 2.48. The zero-order chi connectivity index (χ0) is 15.4. The number of ether oxygens (including phenoxy) is 1. The topological polar surface area (TPSA) is 65.0 Å². The van der Waals surface area contributed by atoms with Crippen molar-refractivity contribution in [3.05, 3.63) is 23.8 Å². The molecule has 1 aliphatic heterocycles. The van der Waals surface area contributed by atoms with Gasteiger partial charge in [0, 0.05) is 18.7 Å². The van der Waals surface area contributed by atoms with E-state index in [0.717, 1.165) is 31.0 Å². The first-order chi connectivity index (χ1) is 10.0. The van der Waals surface area contributed by atoms with Crippen molar-refractivity contribution in [2.75, 3.05) is 39.4 Å². The van der Waals surface area contributed by atoms with E-state index >= 15 is 0 Å². The molecule has 0 radical (unpaired) electrons. The Bertz CT molecular complexity index is 497. The number of anilines is 1. The van der Waals surface area contributed by atoms with Gasteiger partial charge >= 0.3 is 0 Å². The van der Waals surface area contributed by atoms with Gasteiger partial charge in [-0.05, 0) is 51.2 Å². The Hall–Kier alpha value is -1.79. The number of hydrogen-bond donors (Lipinski definition) is 2. The van der Waals surface area contributed by atoms with Crippen LogP contribution in [0.4, 0.5) is 5.69 Å². The van der Waals surface area contributed by atoms with E-state index in [2.05, 4.69) is 17.3 Å². The van der Waals surface area contributed by atoms with Crippen LogP contribution in [-0.2, 0) is 0 Å². The number of hydrogen-bond acceptors (Lipinski definition) is 5. The van der Waals surface area contributed by atoms with Crippen LogP contribution in [0.1, 0.15) is 23.2 Å². The van der Waals surface area contributed by atoms with Gasteiger partial charge in [-0.3, -0.25) is 15.1 Å². The van der Waals surface area contributed by atoms with Crippen molar-refractivity contribution in [3.63, 3.8) is 0 Å². The highest BCUT2D eigenvalue weighted by Gasteiger charge is 2.20. The number of rotatable bonds is 4. The van der Waals surface area contributed by atoms with Gasteiger partial charge in [0.15, 0.2) is 0 Å². The molecule has 1 aliphatic rings. The first-order valence-electron chi connectivity index (χ1n) is 7.11. The van der Waals surface area contributed by atoms with Gasteiger partial charge in [-0.25, -0.2) is 0 Å². The lowest BCUT2D eigenvalue weighted by atomic mass is 10.0. The van der Waals surface area contributed by atoms with Gasteiger partial charge in [0.05, 0.1) is 7.11 Å². The minimum atomic E-state index is -0.102. The molecule has 0 unspecified atom stereocenters. The summed E-state index contributed by atoms with van der Waals surface area (Å²) in [7, 11) is 5.12. The molecule has 6 heteroatoms. The highest BCUT2D eigenvalue weighted by molar-refractivity contribution is 5.95. The molecule has 6 nitrogen and oxygen atoms in total. The van der Waals surface area contributed by atoms with Crippen LogP contribution in [0.15, 0.2) is 18.2 Å². The van der Waals surface area contributed by atoms with Gasteiger partial charge in [-0.2, -0.15) is 0 Å². The van der Waals surface area contributed by atoms with Gasteiger partial charge < -0.3 is 15.0 Å². The van der Waals surface area contributed by atoms with E-state index in [4.69, 9.17) is 4.74 Å². The minimum Gasteiger partial charge on any atom is -0.494 e. The van der Waals surface area contributed by atoms with Crippen molar-refractivity contribution in [1.82, 2.24) is 10.2 Å². The van der Waals surface area contributed by atoms with Crippen LogP contribution in [0, 0.1) is 0 Å². The van der Waals surface area contributed by atoms with Gasteiger partial charge in [-0.1, -0.05) is 0 Å². The summed E-state index contributed by atoms with van der Waals surface area (Å²) in [5.41, 5.74) is 1.06. The Morgan fingerprint density at radius 1 is 1.43 bits per heavy atom. The Balaban J connectivity index is 2.05. The molecular weight excluding hydrogens is 270 g/mol. The number of nitrogens with zero attached hydrogens (tertiary/aromatic N) is 2. The summed E-state index contributed by atoms with van der Waals surface area (Å²) in [5, 5.41) is 13.5. The first kappa shape index (κ1) is 15.6. The molecule has 1 aromatic rings. The van der Waals surface area contributed by atoms with Crippen LogP contribution in [0.5, 0.6) is 5.75 Å². The quantitative estimate of drug-likeness (QED) is 0.820. The Labute approximate surface area is 125 Å². The molecular formula is C15H23N3O3. The highest BCUT2D eigenvalue weighted by atomic mass is 16.5. The molecule has 1 fully saturated rings. The molecule has 0 bridgehead atoms. The molecule has 2 rings (SSSR count). The second kappa shape index (κ2) is 6.78. The summed E-state index contributed by atoms with van der Waals surface area (Å²) in [6.07, 6.45) is 1.94. The number of benzene rings is 1. The van der Waals surface area contributed by atoms with Gasteiger partial charge in [0.25, 0.3) is 5.91 Å². The van der Waals surface area contributed by atoms with E-state index in [1.165, 1.54) is 14.2 Å². The van der Waals surface area contributed by atoms with Crippen molar-refractivity contribution in [2.45, 2.75) is 18.9 Å². The molecule has 1 heterocycles. The predicted octanol–water partition coefficient (Wildman–Crippen LogP) is 1.34. The minimum absolute atomic E-state index is 0.102. The zero-order valence-corrected chi connectivity index (χ0v) is 12.8. The summed E-state index contributed by atoms with van der Waals surface area (Å²) >= 11 is 0. The smallest absolute Gasteiger partial charge is 0.251 e. The molecule has 2 N–H and O–H groups in total. The number of amides is 1. The fourth-order valence-corrected chi connectivity index (χ4v) is 2.51. The van der Waals surface area contributed by atoms with Crippen LogP contribution in [-0.4, -0.2) is 56.4 Å². The molecule has 0 aromatic heterocycles. The maximum absolute atomic E-state index is 12.3. The molecule has 0 spiro atoms. The second-order valence-corrected chi connectivity index (χ2v) is 5.46. The fourth-order valence-electron chi connectivity index (χ4n) is 2.51. The third kappa shape index (κ3) is 3.86. The lowest BCUT2D eigenvalue weighted by Crippen LogP contribution is -2.43. The van der Waals surface area contributed by atoms with E-state index in [0.29, 0.717) is 17.0 Å². The van der Waals surface area contributed by atoms with Crippen LogP contribution < -0.4 is 15.1 Å². The van der Waals surface area contributed by atoms with Crippen LogP contribution in [0.3, 0.4) is 0 Å². The van der Waals surface area contributed by atoms with Crippen molar-refractivity contribution < 1.29 is 14.7 Å². The number of carbonyl (C=O) groups excluding carboxylic acids is 1. The molecule has 1 amide bonds. The summed E-state index contributed by atoms with van der Waals surface area (Å²) in [6.45, 7) is 2.00.